The van der Waals surface area contributed by atoms with Gasteiger partial charge in [-0.1, -0.05) is 19.3 Å². The molecule has 4 rings (SSSR count). The molecule has 0 aromatic carbocycles. The molecule has 3 aliphatic rings. The van der Waals surface area contributed by atoms with Crippen LogP contribution < -0.4 is 20.9 Å². The van der Waals surface area contributed by atoms with Crippen molar-refractivity contribution < 1.29 is 0 Å². The largest absolute Gasteiger partial charge is 0.362 e. The van der Waals surface area contributed by atoms with Crippen LogP contribution in [0.4, 0.5) is 11.8 Å². The fraction of sp³-hybridized carbons (Fsp3) is 0.783. The second-order valence-corrected chi connectivity index (χ2v) is 9.95. The Hall–Kier alpha value is -1.63. The van der Waals surface area contributed by atoms with Crippen LogP contribution in [0.3, 0.4) is 0 Å². The van der Waals surface area contributed by atoms with E-state index < -0.39 is 0 Å². The van der Waals surface area contributed by atoms with Crippen LogP contribution in [0, 0.1) is 0 Å². The number of aromatic nitrogens is 2. The first kappa shape index (κ1) is 21.6. The maximum atomic E-state index is 5.58. The Kier molecular flexibility index (Phi) is 7.28. The summed E-state index contributed by atoms with van der Waals surface area (Å²) in [7, 11) is 4.17. The molecule has 2 fully saturated rings. The van der Waals surface area contributed by atoms with E-state index in [1.807, 2.05) is 0 Å². The lowest BCUT2D eigenvalue weighted by Gasteiger charge is -2.32. The summed E-state index contributed by atoms with van der Waals surface area (Å²) in [6.07, 6.45) is 15.7. The minimum atomic E-state index is 0.444. The summed E-state index contributed by atoms with van der Waals surface area (Å²) in [5.41, 5.74) is 2.60. The Bertz CT molecular complexity index is 723. The van der Waals surface area contributed by atoms with E-state index in [1.54, 1.807) is 0 Å². The second-order valence-electron chi connectivity index (χ2n) is 9.54. The summed E-state index contributed by atoms with van der Waals surface area (Å²) in [4.78, 5) is 11.9. The molecule has 0 atom stereocenters. The number of anilines is 2. The Balaban J connectivity index is 1.27. The number of fused-ring (bicyclic) bond motifs is 1. The van der Waals surface area contributed by atoms with Crippen LogP contribution >= 0.6 is 12.2 Å². The molecule has 0 amide bonds. The molecule has 0 saturated heterocycles. The second kappa shape index (κ2) is 10.1. The van der Waals surface area contributed by atoms with Gasteiger partial charge in [0.25, 0.3) is 0 Å². The maximum absolute atomic E-state index is 5.58. The number of hydrogen-bond donors (Lipinski definition) is 3. The number of thiocarbonyl (C=S) groups is 1. The normalized spacial score (nSPS) is 24.6. The highest BCUT2D eigenvalue weighted by atomic mass is 32.1. The Morgan fingerprint density at radius 2 is 1.43 bits per heavy atom. The molecule has 3 aliphatic carbocycles. The van der Waals surface area contributed by atoms with E-state index in [0.717, 1.165) is 55.4 Å². The molecule has 1 heterocycles. The smallest absolute Gasteiger partial charge is 0.225 e. The van der Waals surface area contributed by atoms with Gasteiger partial charge in [0.2, 0.25) is 5.95 Å². The molecule has 0 spiro atoms. The van der Waals surface area contributed by atoms with Gasteiger partial charge in [0, 0.05) is 37.8 Å². The SMILES string of the molecule is CN(C)c1nc(NC2CCC(NC(=S)NC3CCCCC3)CC2)nc2c1CCCC2. The van der Waals surface area contributed by atoms with Gasteiger partial charge in [-0.2, -0.15) is 4.98 Å². The van der Waals surface area contributed by atoms with E-state index in [2.05, 4.69) is 34.9 Å². The van der Waals surface area contributed by atoms with Gasteiger partial charge in [0.1, 0.15) is 5.82 Å². The maximum Gasteiger partial charge on any atom is 0.225 e. The van der Waals surface area contributed by atoms with Crippen molar-refractivity contribution >= 4 is 29.1 Å². The monoisotopic (exact) mass is 430 g/mol. The zero-order valence-corrected chi connectivity index (χ0v) is 19.5. The predicted molar refractivity (Wildman–Crippen MR) is 128 cm³/mol. The number of hydrogen-bond acceptors (Lipinski definition) is 5. The standard InChI is InChI=1S/C23H38N6S/c1-29(2)21-19-10-6-7-11-20(19)27-22(28-21)24-17-12-14-18(15-13-17)26-23(30)25-16-8-4-3-5-9-16/h16-18H,3-15H2,1-2H3,(H,24,27,28)(H2,25,26,30). The van der Waals surface area contributed by atoms with Crippen LogP contribution in [0.1, 0.15) is 81.9 Å². The van der Waals surface area contributed by atoms with Gasteiger partial charge in [-0.25, -0.2) is 4.98 Å². The lowest BCUT2D eigenvalue weighted by Crippen LogP contribution is -2.48. The summed E-state index contributed by atoms with van der Waals surface area (Å²) >= 11 is 5.58. The highest BCUT2D eigenvalue weighted by Gasteiger charge is 2.25. The molecular weight excluding hydrogens is 392 g/mol. The molecule has 2 saturated carbocycles. The van der Waals surface area contributed by atoms with Gasteiger partial charge >= 0.3 is 0 Å². The quantitative estimate of drug-likeness (QED) is 0.612. The summed E-state index contributed by atoms with van der Waals surface area (Å²) in [5.74, 6) is 1.90. The molecule has 6 nitrogen and oxygen atoms in total. The van der Waals surface area contributed by atoms with E-state index >= 15 is 0 Å². The third-order valence-corrected chi connectivity index (χ3v) is 7.16. The summed E-state index contributed by atoms with van der Waals surface area (Å²) in [6, 6.07) is 1.50. The number of rotatable bonds is 5. The highest BCUT2D eigenvalue weighted by Crippen LogP contribution is 2.29. The molecule has 3 N–H and O–H groups in total. The van der Waals surface area contributed by atoms with Gasteiger partial charge in [-0.05, 0) is 76.4 Å². The van der Waals surface area contributed by atoms with E-state index in [1.165, 1.54) is 56.2 Å². The van der Waals surface area contributed by atoms with Crippen LogP contribution in [0.5, 0.6) is 0 Å². The molecule has 0 bridgehead atoms. The van der Waals surface area contributed by atoms with E-state index in [-0.39, 0.29) is 0 Å². The predicted octanol–water partition coefficient (Wildman–Crippen LogP) is 3.94. The number of nitrogens with zero attached hydrogens (tertiary/aromatic N) is 3. The lowest BCUT2D eigenvalue weighted by atomic mass is 9.91. The Morgan fingerprint density at radius 3 is 2.13 bits per heavy atom. The van der Waals surface area contributed by atoms with Crippen molar-refractivity contribution in [2.24, 2.45) is 0 Å². The van der Waals surface area contributed by atoms with E-state index in [0.29, 0.717) is 18.1 Å². The summed E-state index contributed by atoms with van der Waals surface area (Å²) < 4.78 is 0. The molecule has 1 aromatic rings. The molecule has 0 radical (unpaired) electrons. The first-order valence-electron chi connectivity index (χ1n) is 12.0. The van der Waals surface area contributed by atoms with Crippen LogP contribution in [-0.4, -0.2) is 47.3 Å². The van der Waals surface area contributed by atoms with Gasteiger partial charge in [0.15, 0.2) is 5.11 Å². The van der Waals surface area contributed by atoms with Crippen molar-refractivity contribution in [3.05, 3.63) is 11.3 Å². The van der Waals surface area contributed by atoms with Crippen LogP contribution in [0.2, 0.25) is 0 Å². The van der Waals surface area contributed by atoms with Gasteiger partial charge in [0.05, 0.1) is 5.69 Å². The zero-order valence-electron chi connectivity index (χ0n) is 18.7. The van der Waals surface area contributed by atoms with Crippen molar-refractivity contribution in [2.45, 2.75) is 102 Å². The van der Waals surface area contributed by atoms with Crippen molar-refractivity contribution in [1.29, 1.82) is 0 Å². The lowest BCUT2D eigenvalue weighted by molar-refractivity contribution is 0.376. The average molecular weight is 431 g/mol. The number of nitrogens with one attached hydrogen (secondary N) is 3. The van der Waals surface area contributed by atoms with E-state index in [4.69, 9.17) is 22.2 Å². The van der Waals surface area contributed by atoms with E-state index in [9.17, 15) is 0 Å². The molecule has 7 heteroatoms. The fourth-order valence-electron chi connectivity index (χ4n) is 5.23. The topological polar surface area (TPSA) is 65.1 Å². The first-order chi connectivity index (χ1) is 14.6. The average Bonchev–Trinajstić information content (AvgIpc) is 2.75. The third-order valence-electron chi connectivity index (χ3n) is 6.92. The summed E-state index contributed by atoms with van der Waals surface area (Å²) in [6.45, 7) is 0. The molecule has 0 unspecified atom stereocenters. The van der Waals surface area contributed by atoms with Crippen molar-refractivity contribution in [2.75, 3.05) is 24.3 Å². The summed E-state index contributed by atoms with van der Waals surface area (Å²) in [5, 5.41) is 11.6. The van der Waals surface area contributed by atoms with Gasteiger partial charge < -0.3 is 20.9 Å². The van der Waals surface area contributed by atoms with Crippen molar-refractivity contribution in [1.82, 2.24) is 20.6 Å². The van der Waals surface area contributed by atoms with Crippen LogP contribution in [0.15, 0.2) is 0 Å². The van der Waals surface area contributed by atoms with Gasteiger partial charge in [-0.15, -0.1) is 0 Å². The molecule has 166 valence electrons. The van der Waals surface area contributed by atoms with Crippen LogP contribution in [0.25, 0.3) is 0 Å². The minimum absolute atomic E-state index is 0.444. The fourth-order valence-corrected chi connectivity index (χ4v) is 5.57. The van der Waals surface area contributed by atoms with Gasteiger partial charge in [-0.3, -0.25) is 0 Å². The molecule has 1 aromatic heterocycles. The zero-order chi connectivity index (χ0) is 20.9. The molecule has 30 heavy (non-hydrogen) atoms. The number of aryl methyl sites for hydroxylation is 1. The molecular formula is C23H38N6S. The molecule has 0 aliphatic heterocycles. The third kappa shape index (κ3) is 5.54. The van der Waals surface area contributed by atoms with Crippen molar-refractivity contribution in [3.63, 3.8) is 0 Å². The first-order valence-corrected chi connectivity index (χ1v) is 12.4. The Labute approximate surface area is 187 Å². The highest BCUT2D eigenvalue weighted by molar-refractivity contribution is 7.80. The van der Waals surface area contributed by atoms with Crippen LogP contribution in [-0.2, 0) is 12.8 Å². The van der Waals surface area contributed by atoms with Crippen molar-refractivity contribution in [3.8, 4) is 0 Å². The minimum Gasteiger partial charge on any atom is -0.362 e. The Morgan fingerprint density at radius 1 is 0.800 bits per heavy atom.